The number of hydrogen-bond donors (Lipinski definition) is 1. The maximum atomic E-state index is 9.82. The van der Waals surface area contributed by atoms with Gasteiger partial charge in [0.05, 0.1) is 12.0 Å². The van der Waals surface area contributed by atoms with Gasteiger partial charge in [0.15, 0.2) is 0 Å². The zero-order valence-corrected chi connectivity index (χ0v) is 9.69. The molecule has 1 heterocycles. The molecule has 3 nitrogen and oxygen atoms in total. The topological polar surface area (TPSA) is 38.0 Å². The summed E-state index contributed by atoms with van der Waals surface area (Å²) in [5.41, 5.74) is 1.72. The first kappa shape index (κ1) is 10.8. The number of nitrogens with zero attached hydrogens (tertiary/aromatic N) is 2. The van der Waals surface area contributed by atoms with Crippen LogP contribution in [0.15, 0.2) is 48.4 Å². The van der Waals surface area contributed by atoms with Crippen LogP contribution in [0.4, 0.5) is 0 Å². The number of rotatable bonds is 3. The zero-order chi connectivity index (χ0) is 11.4. The monoisotopic (exact) mass is 232 g/mol. The van der Waals surface area contributed by atoms with E-state index in [1.807, 2.05) is 40.6 Å². The molecule has 0 amide bonds. The molecule has 2 aromatic rings. The van der Waals surface area contributed by atoms with Gasteiger partial charge in [-0.1, -0.05) is 12.1 Å². The van der Waals surface area contributed by atoms with Gasteiger partial charge in [0.1, 0.15) is 5.75 Å². The van der Waals surface area contributed by atoms with Crippen molar-refractivity contribution in [3.63, 3.8) is 0 Å². The number of para-hydroxylation sites is 1. The second-order valence-corrected chi connectivity index (χ2v) is 3.93. The van der Waals surface area contributed by atoms with Crippen molar-refractivity contribution in [2.24, 2.45) is 0 Å². The fraction of sp³-hybridized carbons (Fsp3) is 0.0833. The molecule has 82 valence electrons. The molecule has 1 N–H and O–H groups in total. The molecule has 2 rings (SSSR count). The SMILES string of the molecule is CS/C=C(\c1ccccc1O)n1ccnc1. The summed E-state index contributed by atoms with van der Waals surface area (Å²) in [5, 5.41) is 11.8. The highest BCUT2D eigenvalue weighted by Gasteiger charge is 2.07. The van der Waals surface area contributed by atoms with Crippen LogP contribution in [0.5, 0.6) is 5.75 Å². The van der Waals surface area contributed by atoms with Crippen molar-refractivity contribution in [1.29, 1.82) is 0 Å². The molecule has 0 aliphatic carbocycles. The van der Waals surface area contributed by atoms with E-state index in [2.05, 4.69) is 4.98 Å². The lowest BCUT2D eigenvalue weighted by Gasteiger charge is -2.09. The third-order valence-corrected chi connectivity index (χ3v) is 2.65. The lowest BCUT2D eigenvalue weighted by Crippen LogP contribution is -1.95. The van der Waals surface area contributed by atoms with Crippen LogP contribution in [-0.2, 0) is 0 Å². The average Bonchev–Trinajstić information content (AvgIpc) is 2.80. The fourth-order valence-electron chi connectivity index (χ4n) is 1.47. The minimum absolute atomic E-state index is 0.275. The maximum Gasteiger partial charge on any atom is 0.124 e. The van der Waals surface area contributed by atoms with Gasteiger partial charge in [0.2, 0.25) is 0 Å². The molecule has 0 atom stereocenters. The van der Waals surface area contributed by atoms with E-state index in [1.165, 1.54) is 0 Å². The van der Waals surface area contributed by atoms with Gasteiger partial charge in [-0.15, -0.1) is 11.8 Å². The Morgan fingerprint density at radius 1 is 1.44 bits per heavy atom. The summed E-state index contributed by atoms with van der Waals surface area (Å²) >= 11 is 1.59. The standard InChI is InChI=1S/C12H12N2OS/c1-16-8-11(14-7-6-13-9-14)10-4-2-3-5-12(10)15/h2-9,15H,1H3/b11-8+. The van der Waals surface area contributed by atoms with E-state index in [1.54, 1.807) is 30.4 Å². The Hall–Kier alpha value is -1.68. The maximum absolute atomic E-state index is 9.82. The van der Waals surface area contributed by atoms with Crippen LogP contribution < -0.4 is 0 Å². The molecule has 1 aromatic heterocycles. The van der Waals surface area contributed by atoms with Crippen LogP contribution in [0, 0.1) is 0 Å². The first-order valence-electron chi connectivity index (χ1n) is 4.82. The number of aromatic hydroxyl groups is 1. The van der Waals surface area contributed by atoms with Gasteiger partial charge in [-0.25, -0.2) is 4.98 Å². The molecule has 0 unspecified atom stereocenters. The van der Waals surface area contributed by atoms with Crippen molar-refractivity contribution in [2.75, 3.05) is 6.26 Å². The summed E-state index contributed by atoms with van der Waals surface area (Å²) in [5.74, 6) is 0.275. The van der Waals surface area contributed by atoms with Crippen molar-refractivity contribution >= 4 is 17.5 Å². The van der Waals surface area contributed by atoms with Gasteiger partial charge in [0.25, 0.3) is 0 Å². The van der Waals surface area contributed by atoms with Crippen molar-refractivity contribution in [3.05, 3.63) is 54.0 Å². The third kappa shape index (κ3) is 2.12. The highest BCUT2D eigenvalue weighted by atomic mass is 32.2. The van der Waals surface area contributed by atoms with Crippen LogP contribution in [0.25, 0.3) is 5.70 Å². The molecule has 0 fully saturated rings. The molecular formula is C12H12N2OS. The molecular weight excluding hydrogens is 220 g/mol. The minimum Gasteiger partial charge on any atom is -0.507 e. The van der Waals surface area contributed by atoms with Crippen molar-refractivity contribution in [3.8, 4) is 5.75 Å². The quantitative estimate of drug-likeness (QED) is 0.884. The molecule has 0 radical (unpaired) electrons. The molecule has 0 bridgehead atoms. The van der Waals surface area contributed by atoms with Crippen molar-refractivity contribution in [1.82, 2.24) is 9.55 Å². The second kappa shape index (κ2) is 4.90. The van der Waals surface area contributed by atoms with Crippen molar-refractivity contribution in [2.45, 2.75) is 0 Å². The highest BCUT2D eigenvalue weighted by Crippen LogP contribution is 2.27. The van der Waals surface area contributed by atoms with E-state index in [4.69, 9.17) is 0 Å². The predicted molar refractivity (Wildman–Crippen MR) is 67.2 cm³/mol. The number of hydrogen-bond acceptors (Lipinski definition) is 3. The second-order valence-electron chi connectivity index (χ2n) is 3.23. The number of aromatic nitrogens is 2. The number of phenols is 1. The van der Waals surface area contributed by atoms with Gasteiger partial charge < -0.3 is 9.67 Å². The Morgan fingerprint density at radius 2 is 2.25 bits per heavy atom. The van der Waals surface area contributed by atoms with Crippen LogP contribution in [0.3, 0.4) is 0 Å². The normalized spacial score (nSPS) is 11.7. The summed E-state index contributed by atoms with van der Waals surface area (Å²) in [7, 11) is 0. The molecule has 4 heteroatoms. The van der Waals surface area contributed by atoms with Crippen LogP contribution in [-0.4, -0.2) is 20.9 Å². The Labute approximate surface area is 98.4 Å². The fourth-order valence-corrected chi connectivity index (χ4v) is 1.94. The van der Waals surface area contributed by atoms with Crippen LogP contribution >= 0.6 is 11.8 Å². The highest BCUT2D eigenvalue weighted by molar-refractivity contribution is 8.01. The van der Waals surface area contributed by atoms with Crippen LogP contribution in [0.1, 0.15) is 5.56 Å². The number of thioether (sulfide) groups is 1. The smallest absolute Gasteiger partial charge is 0.124 e. The predicted octanol–water partition coefficient (Wildman–Crippen LogP) is 2.80. The van der Waals surface area contributed by atoms with E-state index in [0.717, 1.165) is 11.3 Å². The van der Waals surface area contributed by atoms with Crippen molar-refractivity contribution < 1.29 is 5.11 Å². The van der Waals surface area contributed by atoms with E-state index in [9.17, 15) is 5.11 Å². The Kier molecular flexibility index (Phi) is 3.31. The molecule has 0 saturated heterocycles. The summed E-state index contributed by atoms with van der Waals surface area (Å²) in [6, 6.07) is 7.28. The molecule has 1 aromatic carbocycles. The summed E-state index contributed by atoms with van der Waals surface area (Å²) in [6.45, 7) is 0. The Bertz CT molecular complexity index is 491. The lowest BCUT2D eigenvalue weighted by atomic mass is 10.1. The summed E-state index contributed by atoms with van der Waals surface area (Å²) in [4.78, 5) is 4.01. The number of phenolic OH excluding ortho intramolecular Hbond substituents is 1. The first-order chi connectivity index (χ1) is 7.83. The number of imidazole rings is 1. The van der Waals surface area contributed by atoms with Gasteiger partial charge >= 0.3 is 0 Å². The molecule has 0 saturated carbocycles. The molecule has 0 aliphatic heterocycles. The van der Waals surface area contributed by atoms with E-state index in [-0.39, 0.29) is 5.75 Å². The summed E-state index contributed by atoms with van der Waals surface area (Å²) in [6.07, 6.45) is 7.27. The lowest BCUT2D eigenvalue weighted by molar-refractivity contribution is 0.473. The van der Waals surface area contributed by atoms with Crippen LogP contribution in [0.2, 0.25) is 0 Å². The summed E-state index contributed by atoms with van der Waals surface area (Å²) < 4.78 is 1.88. The molecule has 0 aliphatic rings. The van der Waals surface area contributed by atoms with E-state index >= 15 is 0 Å². The Balaban J connectivity index is 2.50. The minimum atomic E-state index is 0.275. The van der Waals surface area contributed by atoms with Gasteiger partial charge in [-0.3, -0.25) is 0 Å². The third-order valence-electron chi connectivity index (χ3n) is 2.19. The van der Waals surface area contributed by atoms with Gasteiger partial charge in [-0.2, -0.15) is 0 Å². The van der Waals surface area contributed by atoms with Gasteiger partial charge in [0, 0.05) is 18.0 Å². The van der Waals surface area contributed by atoms with Gasteiger partial charge in [-0.05, 0) is 23.8 Å². The number of benzene rings is 1. The molecule has 16 heavy (non-hydrogen) atoms. The van der Waals surface area contributed by atoms with E-state index < -0.39 is 0 Å². The molecule has 0 spiro atoms. The largest absolute Gasteiger partial charge is 0.507 e. The average molecular weight is 232 g/mol. The zero-order valence-electron chi connectivity index (χ0n) is 8.87. The Morgan fingerprint density at radius 3 is 2.88 bits per heavy atom. The van der Waals surface area contributed by atoms with E-state index in [0.29, 0.717) is 0 Å². The first-order valence-corrected chi connectivity index (χ1v) is 6.11.